The zero-order valence-electron chi connectivity index (χ0n) is 11.5. The van der Waals surface area contributed by atoms with E-state index in [1.165, 1.54) is 14.2 Å². The maximum Gasteiger partial charge on any atom is 0.322 e. The molecular formula is C13H16N4O2S. The Balaban J connectivity index is 2.49. The van der Waals surface area contributed by atoms with Crippen molar-refractivity contribution in [2.45, 2.75) is 5.25 Å². The van der Waals surface area contributed by atoms with Crippen LogP contribution in [0.2, 0.25) is 0 Å². The number of hydrogen-bond acceptors (Lipinski definition) is 7. The molecule has 20 heavy (non-hydrogen) atoms. The number of nitrogens with zero attached hydrogens (tertiary/aromatic N) is 3. The van der Waals surface area contributed by atoms with Crippen LogP contribution in [0, 0.1) is 0 Å². The quantitative estimate of drug-likeness (QED) is 0.843. The average molecular weight is 292 g/mol. The summed E-state index contributed by atoms with van der Waals surface area (Å²) >= 11 is 1.58. The van der Waals surface area contributed by atoms with Crippen molar-refractivity contribution < 1.29 is 9.47 Å². The summed E-state index contributed by atoms with van der Waals surface area (Å²) in [6.45, 7) is 0. The van der Waals surface area contributed by atoms with Crippen LogP contribution in [0.25, 0.3) is 0 Å². The van der Waals surface area contributed by atoms with Crippen LogP contribution < -0.4 is 15.2 Å². The topological polar surface area (TPSA) is 83.2 Å². The van der Waals surface area contributed by atoms with Gasteiger partial charge in [0.05, 0.1) is 19.5 Å². The van der Waals surface area contributed by atoms with Gasteiger partial charge in [0, 0.05) is 5.69 Å². The average Bonchev–Trinajstić information content (AvgIpc) is 2.49. The molecule has 0 spiro atoms. The first-order chi connectivity index (χ1) is 9.69. The van der Waals surface area contributed by atoms with E-state index in [0.717, 1.165) is 5.56 Å². The highest BCUT2D eigenvalue weighted by molar-refractivity contribution is 7.99. The number of anilines is 1. The number of benzene rings is 1. The van der Waals surface area contributed by atoms with Crippen molar-refractivity contribution in [2.24, 2.45) is 0 Å². The predicted molar refractivity (Wildman–Crippen MR) is 79.1 cm³/mol. The van der Waals surface area contributed by atoms with Crippen molar-refractivity contribution in [1.29, 1.82) is 0 Å². The zero-order valence-corrected chi connectivity index (χ0v) is 12.3. The van der Waals surface area contributed by atoms with Gasteiger partial charge in [0.15, 0.2) is 5.82 Å². The fourth-order valence-corrected chi connectivity index (χ4v) is 2.56. The van der Waals surface area contributed by atoms with Crippen molar-refractivity contribution in [3.05, 3.63) is 35.7 Å². The van der Waals surface area contributed by atoms with Crippen molar-refractivity contribution in [3.63, 3.8) is 0 Å². The monoisotopic (exact) mass is 292 g/mol. The van der Waals surface area contributed by atoms with Crippen LogP contribution in [0.1, 0.15) is 16.6 Å². The Labute approximate surface area is 121 Å². The molecule has 0 aliphatic heterocycles. The molecule has 7 heteroatoms. The molecule has 0 aliphatic rings. The molecule has 0 radical (unpaired) electrons. The van der Waals surface area contributed by atoms with Gasteiger partial charge >= 0.3 is 12.0 Å². The summed E-state index contributed by atoms with van der Waals surface area (Å²) in [7, 11) is 3.01. The summed E-state index contributed by atoms with van der Waals surface area (Å²) in [5.74, 6) is 0.555. The minimum Gasteiger partial charge on any atom is -0.467 e. The number of nitrogens with two attached hydrogens (primary N) is 1. The van der Waals surface area contributed by atoms with Crippen LogP contribution in [0.3, 0.4) is 0 Å². The maximum atomic E-state index is 6.03. The van der Waals surface area contributed by atoms with E-state index in [9.17, 15) is 0 Å². The summed E-state index contributed by atoms with van der Waals surface area (Å²) in [4.78, 5) is 12.6. The lowest BCUT2D eigenvalue weighted by Crippen LogP contribution is -2.09. The third-order valence-corrected chi connectivity index (χ3v) is 3.66. The zero-order chi connectivity index (χ0) is 14.5. The highest BCUT2D eigenvalue weighted by atomic mass is 32.2. The van der Waals surface area contributed by atoms with Crippen LogP contribution >= 0.6 is 11.8 Å². The normalized spacial score (nSPS) is 11.9. The molecule has 2 rings (SSSR count). The smallest absolute Gasteiger partial charge is 0.322 e. The summed E-state index contributed by atoms with van der Waals surface area (Å²) in [6.07, 6.45) is 1.97. The van der Waals surface area contributed by atoms with Crippen LogP contribution in [-0.4, -0.2) is 35.4 Å². The Morgan fingerprint density at radius 3 is 2.15 bits per heavy atom. The van der Waals surface area contributed by atoms with Crippen LogP contribution in [-0.2, 0) is 0 Å². The number of hydrogen-bond donors (Lipinski definition) is 1. The van der Waals surface area contributed by atoms with E-state index in [-0.39, 0.29) is 17.3 Å². The number of rotatable bonds is 5. The van der Waals surface area contributed by atoms with Gasteiger partial charge in [-0.2, -0.15) is 9.97 Å². The molecule has 0 amide bonds. The van der Waals surface area contributed by atoms with Crippen molar-refractivity contribution >= 4 is 17.4 Å². The van der Waals surface area contributed by atoms with E-state index < -0.39 is 0 Å². The van der Waals surface area contributed by atoms with Gasteiger partial charge in [-0.15, -0.1) is 16.7 Å². The molecule has 0 aliphatic carbocycles. The maximum absolute atomic E-state index is 6.03. The molecule has 0 fully saturated rings. The minimum absolute atomic E-state index is 0.109. The fraction of sp³-hybridized carbons (Fsp3) is 0.308. The Morgan fingerprint density at radius 1 is 1.05 bits per heavy atom. The van der Waals surface area contributed by atoms with Gasteiger partial charge in [0.25, 0.3) is 0 Å². The van der Waals surface area contributed by atoms with E-state index in [0.29, 0.717) is 11.5 Å². The van der Waals surface area contributed by atoms with Crippen molar-refractivity contribution in [3.8, 4) is 12.0 Å². The minimum atomic E-state index is -0.109. The highest BCUT2D eigenvalue weighted by Gasteiger charge is 2.21. The predicted octanol–water partition coefficient (Wildman–Crippen LogP) is 1.92. The number of methoxy groups -OCH3 is 2. The number of nitrogen functional groups attached to an aromatic ring is 1. The van der Waals surface area contributed by atoms with Gasteiger partial charge in [0.1, 0.15) is 0 Å². The molecule has 1 aromatic heterocycles. The molecule has 1 atom stereocenters. The van der Waals surface area contributed by atoms with E-state index in [2.05, 4.69) is 15.0 Å². The number of para-hydroxylation sites is 1. The van der Waals surface area contributed by atoms with Gasteiger partial charge in [-0.05, 0) is 17.9 Å². The first-order valence-electron chi connectivity index (χ1n) is 5.90. The molecule has 1 heterocycles. The van der Waals surface area contributed by atoms with Crippen LogP contribution in [0.4, 0.5) is 5.69 Å². The standard InChI is InChI=1S/C13H16N4O2S/c1-18-12-15-11(16-13(17-12)19-2)10(20-3)8-6-4-5-7-9(8)14/h4-7,10H,14H2,1-3H3. The van der Waals surface area contributed by atoms with Gasteiger partial charge in [-0.1, -0.05) is 18.2 Å². The SMILES string of the molecule is COc1nc(OC)nc(C(SC)c2ccccc2N)n1. The molecule has 1 aromatic carbocycles. The van der Waals surface area contributed by atoms with Gasteiger partial charge in [0.2, 0.25) is 0 Å². The van der Waals surface area contributed by atoms with E-state index in [4.69, 9.17) is 15.2 Å². The Kier molecular flexibility index (Phi) is 4.62. The van der Waals surface area contributed by atoms with E-state index in [1.54, 1.807) is 11.8 Å². The Bertz CT molecular complexity index is 572. The Morgan fingerprint density at radius 2 is 1.65 bits per heavy atom. The second kappa shape index (κ2) is 6.42. The lowest BCUT2D eigenvalue weighted by molar-refractivity contribution is 0.336. The summed E-state index contributed by atoms with van der Waals surface area (Å²) in [5.41, 5.74) is 7.68. The van der Waals surface area contributed by atoms with Gasteiger partial charge < -0.3 is 15.2 Å². The first-order valence-corrected chi connectivity index (χ1v) is 7.19. The molecule has 0 saturated heterocycles. The summed E-state index contributed by atoms with van der Waals surface area (Å²) in [5, 5.41) is -0.109. The first kappa shape index (κ1) is 14.4. The van der Waals surface area contributed by atoms with Crippen LogP contribution in [0.5, 0.6) is 12.0 Å². The molecule has 2 N–H and O–H groups in total. The van der Waals surface area contributed by atoms with Gasteiger partial charge in [-0.25, -0.2) is 0 Å². The number of ether oxygens (including phenoxy) is 2. The second-order valence-corrected chi connectivity index (χ2v) is 4.85. The number of thioether (sulfide) groups is 1. The Hall–Kier alpha value is -2.02. The lowest BCUT2D eigenvalue weighted by Gasteiger charge is -2.16. The van der Waals surface area contributed by atoms with Crippen molar-refractivity contribution in [1.82, 2.24) is 15.0 Å². The van der Waals surface area contributed by atoms with E-state index in [1.807, 2.05) is 30.5 Å². The van der Waals surface area contributed by atoms with Gasteiger partial charge in [-0.3, -0.25) is 0 Å². The molecule has 2 aromatic rings. The molecular weight excluding hydrogens is 276 g/mol. The largest absolute Gasteiger partial charge is 0.467 e. The second-order valence-electron chi connectivity index (χ2n) is 3.91. The molecule has 1 unspecified atom stereocenters. The highest BCUT2D eigenvalue weighted by Crippen LogP contribution is 2.35. The molecule has 0 saturated carbocycles. The third kappa shape index (κ3) is 2.93. The summed E-state index contributed by atoms with van der Waals surface area (Å²) < 4.78 is 10.2. The van der Waals surface area contributed by atoms with E-state index >= 15 is 0 Å². The summed E-state index contributed by atoms with van der Waals surface area (Å²) in [6, 6.07) is 8.09. The third-order valence-electron chi connectivity index (χ3n) is 2.73. The van der Waals surface area contributed by atoms with Crippen molar-refractivity contribution in [2.75, 3.05) is 26.2 Å². The van der Waals surface area contributed by atoms with Crippen LogP contribution in [0.15, 0.2) is 24.3 Å². The fourth-order valence-electron chi connectivity index (χ4n) is 1.77. The molecule has 106 valence electrons. The lowest BCUT2D eigenvalue weighted by atomic mass is 10.1. The molecule has 0 bridgehead atoms. The number of aromatic nitrogens is 3. The molecule has 6 nitrogen and oxygen atoms in total.